The van der Waals surface area contributed by atoms with Crippen LogP contribution in [-0.2, 0) is 16.0 Å². The molecular formula is C26H28N4O4. The first-order valence-electron chi connectivity index (χ1n) is 11.5. The van der Waals surface area contributed by atoms with Crippen LogP contribution < -0.4 is 9.64 Å². The van der Waals surface area contributed by atoms with E-state index >= 15 is 0 Å². The van der Waals surface area contributed by atoms with Crippen molar-refractivity contribution in [2.75, 3.05) is 31.6 Å². The van der Waals surface area contributed by atoms with Crippen LogP contribution in [0.5, 0.6) is 5.75 Å². The Morgan fingerprint density at radius 3 is 2.68 bits per heavy atom. The first kappa shape index (κ1) is 22.1. The molecule has 2 aliphatic rings. The summed E-state index contributed by atoms with van der Waals surface area (Å²) in [4.78, 5) is 33.7. The van der Waals surface area contributed by atoms with Crippen LogP contribution in [0.2, 0.25) is 0 Å². The number of carbonyl (C=O) groups is 2. The lowest BCUT2D eigenvalue weighted by Gasteiger charge is -2.38. The molecule has 8 heteroatoms. The average molecular weight is 461 g/mol. The first-order valence-corrected chi connectivity index (χ1v) is 11.5. The highest BCUT2D eigenvalue weighted by atomic mass is 16.5. The molecule has 2 aliphatic heterocycles. The molecule has 0 N–H and O–H groups in total. The molecule has 1 atom stereocenters. The van der Waals surface area contributed by atoms with E-state index in [2.05, 4.69) is 10.1 Å². The maximum atomic E-state index is 13.0. The summed E-state index contributed by atoms with van der Waals surface area (Å²) >= 11 is 0. The van der Waals surface area contributed by atoms with Gasteiger partial charge in [0, 0.05) is 43.7 Å². The second kappa shape index (κ2) is 8.93. The SMILES string of the molecule is COc1ccccc1Cc1noc(C2CN(C(=O)C3CC(=O)N(c4ccc(C)c(C)c4)C3)C2)n1. The molecule has 3 heterocycles. The topological polar surface area (TPSA) is 88.8 Å². The summed E-state index contributed by atoms with van der Waals surface area (Å²) in [5.74, 6) is 1.65. The lowest BCUT2D eigenvalue weighted by Crippen LogP contribution is -2.51. The predicted molar refractivity (Wildman–Crippen MR) is 126 cm³/mol. The van der Waals surface area contributed by atoms with E-state index in [1.54, 1.807) is 16.9 Å². The predicted octanol–water partition coefficient (Wildman–Crippen LogP) is 3.26. The second-order valence-corrected chi connectivity index (χ2v) is 9.15. The van der Waals surface area contributed by atoms with Crippen LogP contribution in [0, 0.1) is 19.8 Å². The maximum Gasteiger partial charge on any atom is 0.233 e. The van der Waals surface area contributed by atoms with Crippen LogP contribution in [-0.4, -0.2) is 53.6 Å². The normalized spacial score (nSPS) is 18.3. The van der Waals surface area contributed by atoms with E-state index in [0.717, 1.165) is 22.6 Å². The molecule has 0 radical (unpaired) electrons. The summed E-state index contributed by atoms with van der Waals surface area (Å²) in [6.07, 6.45) is 0.762. The summed E-state index contributed by atoms with van der Waals surface area (Å²) in [7, 11) is 1.64. The van der Waals surface area contributed by atoms with Gasteiger partial charge in [-0.2, -0.15) is 4.98 Å². The van der Waals surface area contributed by atoms with E-state index in [1.165, 1.54) is 5.56 Å². The van der Waals surface area contributed by atoms with Crippen molar-refractivity contribution in [3.63, 3.8) is 0 Å². The van der Waals surface area contributed by atoms with Crippen LogP contribution in [0.25, 0.3) is 0 Å². The number of rotatable bonds is 6. The van der Waals surface area contributed by atoms with Gasteiger partial charge in [0.25, 0.3) is 0 Å². The molecule has 1 aromatic heterocycles. The molecule has 0 saturated carbocycles. The molecule has 2 saturated heterocycles. The third-order valence-electron chi connectivity index (χ3n) is 6.84. The Hall–Kier alpha value is -3.68. The number of nitrogens with zero attached hydrogens (tertiary/aromatic N) is 4. The Labute approximate surface area is 198 Å². The van der Waals surface area contributed by atoms with E-state index in [9.17, 15) is 9.59 Å². The number of methoxy groups -OCH3 is 1. The number of para-hydroxylation sites is 1. The van der Waals surface area contributed by atoms with Crippen molar-refractivity contribution in [3.8, 4) is 5.75 Å². The lowest BCUT2D eigenvalue weighted by atomic mass is 9.96. The Kier molecular flexibility index (Phi) is 5.81. The Morgan fingerprint density at radius 2 is 1.91 bits per heavy atom. The fourth-order valence-corrected chi connectivity index (χ4v) is 4.61. The molecule has 2 fully saturated rings. The van der Waals surface area contributed by atoms with Gasteiger partial charge in [-0.05, 0) is 43.2 Å². The van der Waals surface area contributed by atoms with Gasteiger partial charge in [-0.25, -0.2) is 0 Å². The van der Waals surface area contributed by atoms with Gasteiger partial charge in [-0.3, -0.25) is 9.59 Å². The zero-order valence-corrected chi connectivity index (χ0v) is 19.7. The highest BCUT2D eigenvalue weighted by Gasteiger charge is 2.42. The quantitative estimate of drug-likeness (QED) is 0.561. The van der Waals surface area contributed by atoms with Gasteiger partial charge in [-0.1, -0.05) is 29.4 Å². The third kappa shape index (κ3) is 4.16. The highest BCUT2D eigenvalue weighted by Crippen LogP contribution is 2.32. The van der Waals surface area contributed by atoms with Gasteiger partial charge >= 0.3 is 0 Å². The second-order valence-electron chi connectivity index (χ2n) is 9.15. The van der Waals surface area contributed by atoms with Crippen molar-refractivity contribution in [2.24, 2.45) is 5.92 Å². The Balaban J connectivity index is 1.17. The summed E-state index contributed by atoms with van der Waals surface area (Å²) < 4.78 is 10.9. The van der Waals surface area contributed by atoms with E-state index in [0.29, 0.717) is 37.8 Å². The number of amides is 2. The molecule has 0 bridgehead atoms. The number of anilines is 1. The van der Waals surface area contributed by atoms with Gasteiger partial charge in [-0.15, -0.1) is 0 Å². The number of benzene rings is 2. The Morgan fingerprint density at radius 1 is 1.12 bits per heavy atom. The molecule has 2 amide bonds. The summed E-state index contributed by atoms with van der Waals surface area (Å²) in [6, 6.07) is 13.7. The van der Waals surface area contributed by atoms with Gasteiger partial charge in [0.05, 0.1) is 18.9 Å². The molecule has 5 rings (SSSR count). The molecule has 1 unspecified atom stereocenters. The van der Waals surface area contributed by atoms with Crippen molar-refractivity contribution in [2.45, 2.75) is 32.6 Å². The smallest absolute Gasteiger partial charge is 0.233 e. The largest absolute Gasteiger partial charge is 0.496 e. The zero-order valence-electron chi connectivity index (χ0n) is 19.7. The summed E-state index contributed by atoms with van der Waals surface area (Å²) in [5.41, 5.74) is 4.16. The fourth-order valence-electron chi connectivity index (χ4n) is 4.61. The molecule has 0 aliphatic carbocycles. The highest BCUT2D eigenvalue weighted by molar-refractivity contribution is 6.00. The number of aryl methyl sites for hydroxylation is 2. The molecule has 0 spiro atoms. The number of aromatic nitrogens is 2. The maximum absolute atomic E-state index is 13.0. The number of ether oxygens (including phenoxy) is 1. The van der Waals surface area contributed by atoms with Crippen molar-refractivity contribution in [3.05, 3.63) is 70.9 Å². The number of carbonyl (C=O) groups excluding carboxylic acids is 2. The molecule has 8 nitrogen and oxygen atoms in total. The molecule has 34 heavy (non-hydrogen) atoms. The molecule has 2 aromatic carbocycles. The minimum atomic E-state index is -0.321. The van der Waals surface area contributed by atoms with Crippen LogP contribution in [0.15, 0.2) is 47.0 Å². The molecule has 176 valence electrons. The number of likely N-dealkylation sites (tertiary alicyclic amines) is 1. The van der Waals surface area contributed by atoms with Crippen molar-refractivity contribution in [1.82, 2.24) is 15.0 Å². The molecular weight excluding hydrogens is 432 g/mol. The number of hydrogen-bond donors (Lipinski definition) is 0. The van der Waals surface area contributed by atoms with Gasteiger partial charge in [0.2, 0.25) is 17.7 Å². The number of hydrogen-bond acceptors (Lipinski definition) is 6. The van der Waals surface area contributed by atoms with E-state index < -0.39 is 0 Å². The summed E-state index contributed by atoms with van der Waals surface area (Å²) in [6.45, 7) is 5.56. The van der Waals surface area contributed by atoms with Crippen LogP contribution in [0.4, 0.5) is 5.69 Å². The van der Waals surface area contributed by atoms with Crippen molar-refractivity contribution >= 4 is 17.5 Å². The van der Waals surface area contributed by atoms with Gasteiger partial charge in [0.1, 0.15) is 5.75 Å². The summed E-state index contributed by atoms with van der Waals surface area (Å²) in [5, 5.41) is 4.11. The van der Waals surface area contributed by atoms with E-state index in [-0.39, 0.29) is 30.1 Å². The first-order chi connectivity index (χ1) is 16.4. The van der Waals surface area contributed by atoms with Gasteiger partial charge < -0.3 is 19.1 Å². The molecule has 3 aromatic rings. The fraction of sp³-hybridized carbons (Fsp3) is 0.385. The standard InChI is InChI=1S/C26H28N4O4/c1-16-8-9-21(10-17(16)2)30-15-19(12-24(30)31)26(32)29-13-20(14-29)25-27-23(28-34-25)11-18-6-4-5-7-22(18)33-3/h4-10,19-20H,11-15H2,1-3H3. The van der Waals surface area contributed by atoms with E-state index in [4.69, 9.17) is 9.26 Å². The zero-order chi connectivity index (χ0) is 23.8. The third-order valence-corrected chi connectivity index (χ3v) is 6.84. The monoisotopic (exact) mass is 460 g/mol. The Bertz CT molecular complexity index is 1230. The van der Waals surface area contributed by atoms with Crippen molar-refractivity contribution < 1.29 is 18.8 Å². The average Bonchev–Trinajstić information content (AvgIpc) is 3.41. The lowest BCUT2D eigenvalue weighted by molar-refractivity contribution is -0.140. The van der Waals surface area contributed by atoms with Gasteiger partial charge in [0.15, 0.2) is 5.82 Å². The van der Waals surface area contributed by atoms with E-state index in [1.807, 2.05) is 56.3 Å². The minimum absolute atomic E-state index is 0.00319. The van der Waals surface area contributed by atoms with Crippen LogP contribution in [0.1, 0.15) is 40.7 Å². The van der Waals surface area contributed by atoms with Crippen LogP contribution >= 0.6 is 0 Å². The van der Waals surface area contributed by atoms with Crippen LogP contribution in [0.3, 0.4) is 0 Å². The minimum Gasteiger partial charge on any atom is -0.496 e. The van der Waals surface area contributed by atoms with Crippen molar-refractivity contribution in [1.29, 1.82) is 0 Å².